The molecule has 35 heavy (non-hydrogen) atoms. The van der Waals surface area contributed by atoms with Gasteiger partial charge in [0.15, 0.2) is 0 Å². The summed E-state index contributed by atoms with van der Waals surface area (Å²) in [5.74, 6) is -0.715. The number of pyridine rings is 1. The van der Waals surface area contributed by atoms with E-state index in [2.05, 4.69) is 112 Å². The Hall–Kier alpha value is -2.84. The average Bonchev–Trinajstić information content (AvgIpc) is 3.39. The fourth-order valence-corrected chi connectivity index (χ4v) is 7.85. The smallest absolute Gasteiger partial charge is 0.213 e. The lowest BCUT2D eigenvalue weighted by atomic mass is 10.0. The van der Waals surface area contributed by atoms with Gasteiger partial charge in [-0.05, 0) is 68.2 Å². The summed E-state index contributed by atoms with van der Waals surface area (Å²) >= 11 is 0. The molecular formula is C31H30NO2P. The fourth-order valence-electron chi connectivity index (χ4n) is 5.39. The van der Waals surface area contributed by atoms with E-state index in [1.54, 1.807) is 0 Å². The van der Waals surface area contributed by atoms with E-state index in [4.69, 9.17) is 14.5 Å². The SMILES string of the molecule is Cc1cc(-c2ccccc2P(c2ccccc2)c2ccccc2)nc2c1CCC21O[C@@H](C)[C@H](C)O1. The third kappa shape index (κ3) is 3.93. The number of hydrogen-bond acceptors (Lipinski definition) is 3. The first-order valence-corrected chi connectivity index (χ1v) is 13.8. The van der Waals surface area contributed by atoms with Crippen LogP contribution in [-0.2, 0) is 21.7 Å². The second kappa shape index (κ2) is 8.99. The van der Waals surface area contributed by atoms with Crippen molar-refractivity contribution in [3.05, 3.63) is 108 Å². The lowest BCUT2D eigenvalue weighted by Gasteiger charge is -2.25. The lowest BCUT2D eigenvalue weighted by molar-refractivity contribution is -0.182. The third-order valence-electron chi connectivity index (χ3n) is 7.28. The molecule has 0 N–H and O–H groups in total. The van der Waals surface area contributed by atoms with Crippen molar-refractivity contribution in [1.29, 1.82) is 0 Å². The zero-order valence-electron chi connectivity index (χ0n) is 20.4. The molecule has 4 heteroatoms. The van der Waals surface area contributed by atoms with Gasteiger partial charge in [-0.25, -0.2) is 4.98 Å². The summed E-state index contributed by atoms with van der Waals surface area (Å²) < 4.78 is 12.9. The van der Waals surface area contributed by atoms with Crippen LogP contribution in [0.15, 0.2) is 91.0 Å². The van der Waals surface area contributed by atoms with Crippen LogP contribution >= 0.6 is 7.92 Å². The molecule has 6 rings (SSSR count). The van der Waals surface area contributed by atoms with Gasteiger partial charge >= 0.3 is 0 Å². The molecule has 3 aromatic carbocycles. The molecule has 1 saturated heterocycles. The topological polar surface area (TPSA) is 31.4 Å². The summed E-state index contributed by atoms with van der Waals surface area (Å²) in [7, 11) is -0.742. The second-order valence-corrected chi connectivity index (χ2v) is 11.8. The highest BCUT2D eigenvalue weighted by Gasteiger charge is 2.51. The summed E-state index contributed by atoms with van der Waals surface area (Å²) in [4.78, 5) is 5.28. The molecule has 2 aliphatic rings. The Morgan fingerprint density at radius 2 is 1.37 bits per heavy atom. The quantitative estimate of drug-likeness (QED) is 0.350. The van der Waals surface area contributed by atoms with Crippen molar-refractivity contribution in [3.8, 4) is 11.3 Å². The molecule has 1 aromatic heterocycles. The van der Waals surface area contributed by atoms with Gasteiger partial charge in [0, 0.05) is 12.0 Å². The molecule has 1 aliphatic carbocycles. The molecule has 4 aromatic rings. The van der Waals surface area contributed by atoms with Gasteiger partial charge in [-0.2, -0.15) is 0 Å². The number of rotatable bonds is 4. The maximum Gasteiger partial charge on any atom is 0.213 e. The molecule has 1 aliphatic heterocycles. The Balaban J connectivity index is 1.52. The van der Waals surface area contributed by atoms with Crippen LogP contribution in [-0.4, -0.2) is 17.2 Å². The van der Waals surface area contributed by atoms with E-state index >= 15 is 0 Å². The number of aromatic nitrogens is 1. The van der Waals surface area contributed by atoms with E-state index in [1.165, 1.54) is 32.6 Å². The second-order valence-electron chi connectivity index (χ2n) is 9.57. The highest BCUT2D eigenvalue weighted by molar-refractivity contribution is 7.80. The first-order valence-electron chi connectivity index (χ1n) is 12.4. The molecule has 0 unspecified atom stereocenters. The molecule has 0 saturated carbocycles. The molecule has 0 amide bonds. The van der Waals surface area contributed by atoms with Crippen molar-refractivity contribution in [3.63, 3.8) is 0 Å². The Kier molecular flexibility index (Phi) is 5.81. The van der Waals surface area contributed by atoms with Gasteiger partial charge in [0.05, 0.1) is 17.9 Å². The predicted octanol–water partition coefficient (Wildman–Crippen LogP) is 5.74. The summed E-state index contributed by atoms with van der Waals surface area (Å²) in [6.07, 6.45) is 1.89. The van der Waals surface area contributed by atoms with E-state index in [9.17, 15) is 0 Å². The Bertz CT molecular complexity index is 1310. The largest absolute Gasteiger partial charge is 0.339 e. The monoisotopic (exact) mass is 479 g/mol. The molecule has 176 valence electrons. The standard InChI is InChI=1S/C31H30NO2P/c1-21-20-28(32-30-26(21)18-19-31(30)33-22(2)23(3)34-31)27-16-10-11-17-29(27)35(24-12-6-4-7-13-24)25-14-8-5-9-15-25/h4-17,20,22-23H,18-19H2,1-3H3/t22-,23-/m0/s1. The van der Waals surface area contributed by atoms with Gasteiger partial charge in [-0.3, -0.25) is 0 Å². The van der Waals surface area contributed by atoms with E-state index in [0.717, 1.165) is 24.2 Å². The molecular weight excluding hydrogens is 449 g/mol. The number of nitrogens with zero attached hydrogens (tertiary/aromatic N) is 1. The number of fused-ring (bicyclic) bond motifs is 2. The van der Waals surface area contributed by atoms with Gasteiger partial charge in [0.25, 0.3) is 0 Å². The fraction of sp³-hybridized carbons (Fsp3) is 0.258. The first-order chi connectivity index (χ1) is 17.1. The van der Waals surface area contributed by atoms with Crippen LogP contribution in [0.1, 0.15) is 37.1 Å². The summed E-state index contributed by atoms with van der Waals surface area (Å²) in [6, 6.07) is 32.7. The van der Waals surface area contributed by atoms with Crippen LogP contribution in [0.25, 0.3) is 11.3 Å². The molecule has 1 spiro atoms. The molecule has 3 nitrogen and oxygen atoms in total. The van der Waals surface area contributed by atoms with Crippen molar-refractivity contribution in [2.75, 3.05) is 0 Å². The van der Waals surface area contributed by atoms with Gasteiger partial charge in [0.1, 0.15) is 5.69 Å². The molecule has 0 bridgehead atoms. The summed E-state index contributed by atoms with van der Waals surface area (Å²) in [5, 5.41) is 3.98. The maximum atomic E-state index is 6.43. The summed E-state index contributed by atoms with van der Waals surface area (Å²) in [5.41, 5.74) is 5.69. The highest BCUT2D eigenvalue weighted by atomic mass is 31.1. The Morgan fingerprint density at radius 1 is 0.800 bits per heavy atom. The number of hydrogen-bond donors (Lipinski definition) is 0. The Labute approximate surface area is 208 Å². The van der Waals surface area contributed by atoms with Gasteiger partial charge < -0.3 is 9.47 Å². The number of aryl methyl sites for hydroxylation is 1. The first kappa shape index (κ1) is 22.6. The minimum absolute atomic E-state index is 0.0583. The van der Waals surface area contributed by atoms with Gasteiger partial charge in [-0.1, -0.05) is 84.9 Å². The van der Waals surface area contributed by atoms with Crippen molar-refractivity contribution in [1.82, 2.24) is 4.98 Å². The van der Waals surface area contributed by atoms with Crippen molar-refractivity contribution < 1.29 is 9.47 Å². The third-order valence-corrected chi connectivity index (χ3v) is 9.78. The van der Waals surface area contributed by atoms with Gasteiger partial charge in [0.2, 0.25) is 5.79 Å². The molecule has 0 radical (unpaired) electrons. The minimum atomic E-state index is -0.742. The van der Waals surface area contributed by atoms with E-state index in [0.29, 0.717) is 0 Å². The normalized spacial score (nSPS) is 20.5. The Morgan fingerprint density at radius 3 is 2.00 bits per heavy atom. The highest BCUT2D eigenvalue weighted by Crippen LogP contribution is 2.48. The van der Waals surface area contributed by atoms with Crippen molar-refractivity contribution in [2.45, 2.75) is 51.6 Å². The maximum absolute atomic E-state index is 6.43. The average molecular weight is 480 g/mol. The van der Waals surface area contributed by atoms with Gasteiger partial charge in [-0.15, -0.1) is 0 Å². The van der Waals surface area contributed by atoms with E-state index in [-0.39, 0.29) is 12.2 Å². The predicted molar refractivity (Wildman–Crippen MR) is 144 cm³/mol. The van der Waals surface area contributed by atoms with Crippen LogP contribution in [0.3, 0.4) is 0 Å². The minimum Gasteiger partial charge on any atom is -0.339 e. The lowest BCUT2D eigenvalue weighted by Crippen LogP contribution is -2.26. The van der Waals surface area contributed by atoms with Crippen LogP contribution in [0.5, 0.6) is 0 Å². The number of benzene rings is 3. The van der Waals surface area contributed by atoms with Crippen LogP contribution in [0.2, 0.25) is 0 Å². The molecule has 2 heterocycles. The van der Waals surface area contributed by atoms with E-state index in [1.807, 2.05) is 0 Å². The molecule has 2 atom stereocenters. The van der Waals surface area contributed by atoms with Crippen molar-refractivity contribution in [2.24, 2.45) is 0 Å². The summed E-state index contributed by atoms with van der Waals surface area (Å²) in [6.45, 7) is 6.39. The van der Waals surface area contributed by atoms with Crippen LogP contribution < -0.4 is 15.9 Å². The number of ether oxygens (including phenoxy) is 2. The zero-order chi connectivity index (χ0) is 24.0. The van der Waals surface area contributed by atoms with Crippen LogP contribution in [0, 0.1) is 6.92 Å². The van der Waals surface area contributed by atoms with Crippen LogP contribution in [0.4, 0.5) is 0 Å². The van der Waals surface area contributed by atoms with E-state index < -0.39 is 13.7 Å². The zero-order valence-corrected chi connectivity index (χ0v) is 21.3. The molecule has 1 fully saturated rings. The van der Waals surface area contributed by atoms with Crippen molar-refractivity contribution >= 4 is 23.8 Å².